The number of carbonyl (C=O) groups excluding carboxylic acids is 1. The fraction of sp³-hybridized carbons (Fsp3) is 0.0556. The van der Waals surface area contributed by atoms with Crippen LogP contribution in [0.15, 0.2) is 60.7 Å². The second-order valence-corrected chi connectivity index (χ2v) is 6.07. The third-order valence-electron chi connectivity index (χ3n) is 3.35. The van der Waals surface area contributed by atoms with E-state index in [4.69, 9.17) is 0 Å². The number of benzene rings is 2. The number of rotatable bonds is 3. The number of phenolic OH excluding ortho intramolecular Hbond substituents is 1. The van der Waals surface area contributed by atoms with E-state index in [1.807, 2.05) is 43.3 Å². The van der Waals surface area contributed by atoms with Crippen LogP contribution in [-0.4, -0.2) is 11.0 Å². The fourth-order valence-electron chi connectivity index (χ4n) is 2.17. The summed E-state index contributed by atoms with van der Waals surface area (Å²) in [6.45, 7) is 1.96. The number of nitrogens with one attached hydrogen (secondary N) is 1. The molecule has 0 radical (unpaired) electrons. The van der Waals surface area contributed by atoms with Crippen molar-refractivity contribution in [2.24, 2.45) is 0 Å². The predicted octanol–water partition coefficient (Wildman–Crippen LogP) is 4.68. The van der Waals surface area contributed by atoms with Crippen LogP contribution in [0.25, 0.3) is 10.4 Å². The molecular formula is C18H15NO2S. The molecule has 0 bridgehead atoms. The third kappa shape index (κ3) is 3.02. The Morgan fingerprint density at radius 3 is 2.64 bits per heavy atom. The minimum Gasteiger partial charge on any atom is -0.508 e. The van der Waals surface area contributed by atoms with E-state index in [1.54, 1.807) is 24.3 Å². The first kappa shape index (κ1) is 14.4. The fourth-order valence-corrected chi connectivity index (χ4v) is 3.07. The maximum absolute atomic E-state index is 12.3. The van der Waals surface area contributed by atoms with Gasteiger partial charge in [-0.1, -0.05) is 30.3 Å². The number of aryl methyl sites for hydroxylation is 1. The van der Waals surface area contributed by atoms with Crippen LogP contribution < -0.4 is 5.32 Å². The molecule has 4 heteroatoms. The molecule has 2 aromatic carbocycles. The van der Waals surface area contributed by atoms with E-state index in [0.717, 1.165) is 21.7 Å². The molecular weight excluding hydrogens is 294 g/mol. The first-order chi connectivity index (χ1) is 10.6. The lowest BCUT2D eigenvalue weighted by Crippen LogP contribution is -2.10. The Morgan fingerprint density at radius 1 is 1.05 bits per heavy atom. The van der Waals surface area contributed by atoms with Gasteiger partial charge in [-0.3, -0.25) is 4.79 Å². The van der Waals surface area contributed by atoms with Crippen LogP contribution in [0, 0.1) is 6.92 Å². The van der Waals surface area contributed by atoms with Crippen LogP contribution in [0.5, 0.6) is 5.75 Å². The van der Waals surface area contributed by atoms with Crippen molar-refractivity contribution in [1.29, 1.82) is 0 Å². The van der Waals surface area contributed by atoms with Gasteiger partial charge in [0.15, 0.2) is 0 Å². The lowest BCUT2D eigenvalue weighted by molar-refractivity contribution is 0.103. The molecule has 1 amide bonds. The lowest BCUT2D eigenvalue weighted by Gasteiger charge is -2.06. The third-order valence-corrected chi connectivity index (χ3v) is 4.49. The van der Waals surface area contributed by atoms with Crippen molar-refractivity contribution in [2.45, 2.75) is 6.92 Å². The Balaban J connectivity index is 1.82. The highest BCUT2D eigenvalue weighted by Crippen LogP contribution is 2.30. The van der Waals surface area contributed by atoms with E-state index in [9.17, 15) is 9.90 Å². The first-order valence-corrected chi connectivity index (χ1v) is 7.71. The van der Waals surface area contributed by atoms with Gasteiger partial charge in [0.05, 0.1) is 4.88 Å². The number of aromatic hydroxyl groups is 1. The Hall–Kier alpha value is -2.59. The van der Waals surface area contributed by atoms with Gasteiger partial charge in [0, 0.05) is 10.6 Å². The number of phenols is 1. The van der Waals surface area contributed by atoms with Crippen molar-refractivity contribution in [3.8, 4) is 16.2 Å². The Labute approximate surface area is 132 Å². The van der Waals surface area contributed by atoms with Crippen LogP contribution >= 0.6 is 11.3 Å². The standard InChI is InChI=1S/C18H15NO2S/c1-12-5-2-3-8-15(12)19-18(21)17-10-9-16(22-17)13-6-4-7-14(20)11-13/h2-11,20H,1H3,(H,19,21). The van der Waals surface area contributed by atoms with E-state index in [2.05, 4.69) is 5.32 Å². The van der Waals surface area contributed by atoms with Crippen molar-refractivity contribution in [3.63, 3.8) is 0 Å². The van der Waals surface area contributed by atoms with Crippen molar-refractivity contribution in [2.75, 3.05) is 5.32 Å². The summed E-state index contributed by atoms with van der Waals surface area (Å²) in [6, 6.07) is 18.4. The number of hydrogen-bond donors (Lipinski definition) is 2. The van der Waals surface area contributed by atoms with E-state index >= 15 is 0 Å². The molecule has 0 spiro atoms. The molecule has 3 aromatic rings. The highest BCUT2D eigenvalue weighted by molar-refractivity contribution is 7.17. The molecule has 0 saturated heterocycles. The van der Waals surface area contributed by atoms with Crippen LogP contribution in [0.2, 0.25) is 0 Å². The predicted molar refractivity (Wildman–Crippen MR) is 90.6 cm³/mol. The number of para-hydroxylation sites is 1. The molecule has 22 heavy (non-hydrogen) atoms. The second-order valence-electron chi connectivity index (χ2n) is 4.98. The summed E-state index contributed by atoms with van der Waals surface area (Å²) in [5.41, 5.74) is 2.75. The normalized spacial score (nSPS) is 10.4. The molecule has 0 saturated carbocycles. The zero-order chi connectivity index (χ0) is 15.5. The number of hydrogen-bond acceptors (Lipinski definition) is 3. The minimum atomic E-state index is -0.120. The van der Waals surface area contributed by atoms with Gasteiger partial charge in [-0.25, -0.2) is 0 Å². The summed E-state index contributed by atoms with van der Waals surface area (Å²) in [4.78, 5) is 13.9. The van der Waals surface area contributed by atoms with Gasteiger partial charge in [0.2, 0.25) is 0 Å². The van der Waals surface area contributed by atoms with Gasteiger partial charge < -0.3 is 10.4 Å². The second kappa shape index (κ2) is 6.03. The summed E-state index contributed by atoms with van der Waals surface area (Å²) in [7, 11) is 0. The van der Waals surface area contributed by atoms with Crippen molar-refractivity contribution in [1.82, 2.24) is 0 Å². The van der Waals surface area contributed by atoms with Gasteiger partial charge in [0.25, 0.3) is 5.91 Å². The number of amides is 1. The Kier molecular flexibility index (Phi) is 3.94. The van der Waals surface area contributed by atoms with E-state index in [1.165, 1.54) is 11.3 Å². The first-order valence-electron chi connectivity index (χ1n) is 6.90. The maximum atomic E-state index is 12.3. The summed E-state index contributed by atoms with van der Waals surface area (Å²) >= 11 is 1.40. The molecule has 1 heterocycles. The molecule has 3 rings (SSSR count). The molecule has 0 aliphatic rings. The molecule has 0 aliphatic carbocycles. The summed E-state index contributed by atoms with van der Waals surface area (Å²) in [5, 5.41) is 12.5. The van der Waals surface area contributed by atoms with Gasteiger partial charge >= 0.3 is 0 Å². The van der Waals surface area contributed by atoms with Crippen LogP contribution in [0.1, 0.15) is 15.2 Å². The average molecular weight is 309 g/mol. The molecule has 0 atom stereocenters. The summed E-state index contributed by atoms with van der Waals surface area (Å²) in [5.74, 6) is 0.0996. The van der Waals surface area contributed by atoms with E-state index < -0.39 is 0 Å². The largest absolute Gasteiger partial charge is 0.508 e. The number of thiophene rings is 1. The van der Waals surface area contributed by atoms with Gasteiger partial charge in [-0.15, -0.1) is 11.3 Å². The van der Waals surface area contributed by atoms with Crippen molar-refractivity contribution >= 4 is 22.9 Å². The van der Waals surface area contributed by atoms with Crippen LogP contribution in [-0.2, 0) is 0 Å². The zero-order valence-corrected chi connectivity index (χ0v) is 12.9. The van der Waals surface area contributed by atoms with E-state index in [-0.39, 0.29) is 11.7 Å². The van der Waals surface area contributed by atoms with Gasteiger partial charge in [-0.2, -0.15) is 0 Å². The molecule has 1 aromatic heterocycles. The van der Waals surface area contributed by atoms with Crippen molar-refractivity contribution < 1.29 is 9.90 Å². The number of anilines is 1. The van der Waals surface area contributed by atoms with Gasteiger partial charge in [-0.05, 0) is 48.4 Å². The van der Waals surface area contributed by atoms with Crippen LogP contribution in [0.3, 0.4) is 0 Å². The smallest absolute Gasteiger partial charge is 0.265 e. The number of carbonyl (C=O) groups is 1. The van der Waals surface area contributed by atoms with Gasteiger partial charge in [0.1, 0.15) is 5.75 Å². The molecule has 0 unspecified atom stereocenters. The molecule has 3 nitrogen and oxygen atoms in total. The highest BCUT2D eigenvalue weighted by Gasteiger charge is 2.11. The lowest BCUT2D eigenvalue weighted by atomic mass is 10.2. The maximum Gasteiger partial charge on any atom is 0.265 e. The van der Waals surface area contributed by atoms with Crippen LogP contribution in [0.4, 0.5) is 5.69 Å². The summed E-state index contributed by atoms with van der Waals surface area (Å²) < 4.78 is 0. The Morgan fingerprint density at radius 2 is 1.86 bits per heavy atom. The molecule has 2 N–H and O–H groups in total. The molecule has 110 valence electrons. The minimum absolute atomic E-state index is 0.120. The zero-order valence-electron chi connectivity index (χ0n) is 12.0. The van der Waals surface area contributed by atoms with Crippen molar-refractivity contribution in [3.05, 3.63) is 71.1 Å². The monoisotopic (exact) mass is 309 g/mol. The summed E-state index contributed by atoms with van der Waals surface area (Å²) in [6.07, 6.45) is 0. The Bertz CT molecular complexity index is 823. The average Bonchev–Trinajstić information content (AvgIpc) is 2.99. The topological polar surface area (TPSA) is 49.3 Å². The quantitative estimate of drug-likeness (QED) is 0.738. The SMILES string of the molecule is Cc1ccccc1NC(=O)c1ccc(-c2cccc(O)c2)s1. The highest BCUT2D eigenvalue weighted by atomic mass is 32.1. The molecule has 0 fully saturated rings. The van der Waals surface area contributed by atoms with E-state index in [0.29, 0.717) is 4.88 Å². The molecule has 0 aliphatic heterocycles.